The monoisotopic (exact) mass is 462 g/mol. The van der Waals surface area contributed by atoms with Crippen molar-refractivity contribution in [1.82, 2.24) is 10.6 Å². The predicted octanol–water partition coefficient (Wildman–Crippen LogP) is 6.17. The highest BCUT2D eigenvalue weighted by Crippen LogP contribution is 2.36. The Labute approximate surface area is 200 Å². The minimum Gasteiger partial charge on any atom is -0.457 e. The van der Waals surface area contributed by atoms with Crippen molar-refractivity contribution < 1.29 is 18.7 Å². The molecular weight excluding hydrogens is 431 g/mol. The largest absolute Gasteiger partial charge is 0.457 e. The summed E-state index contributed by atoms with van der Waals surface area (Å²) in [4.78, 5) is 23.9. The molecule has 1 heterocycles. The zero-order chi connectivity index (χ0) is 24.7. The number of nitrogens with one attached hydrogen (secondary N) is 2. The van der Waals surface area contributed by atoms with Crippen LogP contribution in [0, 0.1) is 5.82 Å². The first kappa shape index (κ1) is 25.0. The molecule has 1 unspecified atom stereocenters. The average Bonchev–Trinajstić information content (AvgIpc) is 3.14. The normalized spacial score (nSPS) is 18.9. The minimum absolute atomic E-state index is 0.190. The van der Waals surface area contributed by atoms with E-state index in [9.17, 15) is 14.0 Å². The Balaban J connectivity index is 0.000000229. The Morgan fingerprint density at radius 3 is 2.50 bits per heavy atom. The Morgan fingerprint density at radius 2 is 1.91 bits per heavy atom. The second kappa shape index (κ2) is 11.0. The first-order valence-corrected chi connectivity index (χ1v) is 11.5. The van der Waals surface area contributed by atoms with E-state index in [0.717, 1.165) is 41.7 Å². The molecule has 3 amide bonds. The van der Waals surface area contributed by atoms with E-state index in [2.05, 4.69) is 30.2 Å². The van der Waals surface area contributed by atoms with Gasteiger partial charge in [0.2, 0.25) is 0 Å². The molecular formula is C28H31FN2O3. The van der Waals surface area contributed by atoms with Crippen LogP contribution in [0.4, 0.5) is 9.18 Å². The number of carbonyl (C=O) groups is 2. The molecule has 2 N–H and O–H groups in total. The third kappa shape index (κ3) is 5.45. The molecule has 178 valence electrons. The van der Waals surface area contributed by atoms with Gasteiger partial charge in [-0.25, -0.2) is 9.18 Å². The SMILES string of the molecule is C=C(C)c1cc(F)ccc1CC.CCC1(c2ccccc2OC2=CCCC=C2)NC(=O)NC1=O. The van der Waals surface area contributed by atoms with Crippen LogP contribution in [0.2, 0.25) is 0 Å². The van der Waals surface area contributed by atoms with Crippen molar-refractivity contribution in [2.24, 2.45) is 0 Å². The van der Waals surface area contributed by atoms with E-state index in [-0.39, 0.29) is 11.7 Å². The zero-order valence-electron chi connectivity index (χ0n) is 19.9. The number of imide groups is 1. The van der Waals surface area contributed by atoms with Gasteiger partial charge in [0.15, 0.2) is 0 Å². The van der Waals surface area contributed by atoms with Crippen LogP contribution in [-0.2, 0) is 16.8 Å². The predicted molar refractivity (Wildman–Crippen MR) is 133 cm³/mol. The van der Waals surface area contributed by atoms with Crippen LogP contribution in [0.15, 0.2) is 73.0 Å². The highest BCUT2D eigenvalue weighted by Gasteiger charge is 2.47. The Kier molecular flexibility index (Phi) is 8.05. The van der Waals surface area contributed by atoms with Gasteiger partial charge in [0.05, 0.1) is 0 Å². The Hall–Kier alpha value is -3.67. The fraction of sp³-hybridized carbons (Fsp3) is 0.286. The lowest BCUT2D eigenvalue weighted by molar-refractivity contribution is -0.124. The number of ether oxygens (including phenoxy) is 1. The average molecular weight is 463 g/mol. The molecule has 0 aromatic heterocycles. The fourth-order valence-corrected chi connectivity index (χ4v) is 4.08. The molecule has 34 heavy (non-hydrogen) atoms. The summed E-state index contributed by atoms with van der Waals surface area (Å²) in [5.74, 6) is 0.809. The van der Waals surface area contributed by atoms with E-state index in [1.54, 1.807) is 6.07 Å². The molecule has 0 spiro atoms. The summed E-state index contributed by atoms with van der Waals surface area (Å²) < 4.78 is 18.8. The third-order valence-electron chi connectivity index (χ3n) is 5.92. The highest BCUT2D eigenvalue weighted by atomic mass is 19.1. The molecule has 0 radical (unpaired) electrons. The Morgan fingerprint density at radius 1 is 1.15 bits per heavy atom. The van der Waals surface area contributed by atoms with Gasteiger partial charge in [-0.05, 0) is 74.1 Å². The van der Waals surface area contributed by atoms with Crippen LogP contribution in [0.5, 0.6) is 5.75 Å². The van der Waals surface area contributed by atoms with Gasteiger partial charge in [-0.15, -0.1) is 0 Å². The molecule has 5 nitrogen and oxygen atoms in total. The minimum atomic E-state index is -1.08. The molecule has 2 aromatic carbocycles. The molecule has 4 rings (SSSR count). The van der Waals surface area contributed by atoms with Crippen molar-refractivity contribution in [3.8, 4) is 5.75 Å². The summed E-state index contributed by atoms with van der Waals surface area (Å²) in [6, 6.07) is 11.7. The summed E-state index contributed by atoms with van der Waals surface area (Å²) in [5.41, 5.74) is 2.61. The molecule has 2 aliphatic rings. The number of aryl methyl sites for hydroxylation is 1. The fourth-order valence-electron chi connectivity index (χ4n) is 4.08. The topological polar surface area (TPSA) is 67.4 Å². The molecule has 1 atom stereocenters. The number of hydrogen-bond acceptors (Lipinski definition) is 3. The van der Waals surface area contributed by atoms with Crippen LogP contribution in [0.25, 0.3) is 5.57 Å². The summed E-state index contributed by atoms with van der Waals surface area (Å²) in [6.45, 7) is 9.62. The van der Waals surface area contributed by atoms with Gasteiger partial charge in [-0.2, -0.15) is 0 Å². The van der Waals surface area contributed by atoms with Crippen molar-refractivity contribution in [2.45, 2.75) is 52.0 Å². The van der Waals surface area contributed by atoms with Crippen molar-refractivity contribution in [3.05, 3.63) is 95.5 Å². The van der Waals surface area contributed by atoms with Gasteiger partial charge >= 0.3 is 6.03 Å². The number of amides is 3. The van der Waals surface area contributed by atoms with Gasteiger partial charge in [-0.1, -0.05) is 56.3 Å². The van der Waals surface area contributed by atoms with Crippen LogP contribution >= 0.6 is 0 Å². The quantitative estimate of drug-likeness (QED) is 0.505. The number of para-hydroxylation sites is 1. The third-order valence-corrected chi connectivity index (χ3v) is 5.92. The number of allylic oxidation sites excluding steroid dienone is 4. The maximum Gasteiger partial charge on any atom is 0.322 e. The lowest BCUT2D eigenvalue weighted by Gasteiger charge is -2.27. The summed E-state index contributed by atoms with van der Waals surface area (Å²) in [5, 5.41) is 5.06. The molecule has 1 aliphatic heterocycles. The molecule has 1 aliphatic carbocycles. The van der Waals surface area contributed by atoms with Crippen molar-refractivity contribution in [3.63, 3.8) is 0 Å². The molecule has 1 fully saturated rings. The first-order valence-electron chi connectivity index (χ1n) is 11.5. The molecule has 0 bridgehead atoms. The van der Waals surface area contributed by atoms with Gasteiger partial charge in [0.1, 0.15) is 22.9 Å². The maximum atomic E-state index is 12.8. The van der Waals surface area contributed by atoms with Gasteiger partial charge < -0.3 is 10.1 Å². The van der Waals surface area contributed by atoms with E-state index in [1.165, 1.54) is 6.07 Å². The number of halogens is 1. The van der Waals surface area contributed by atoms with E-state index < -0.39 is 11.6 Å². The van der Waals surface area contributed by atoms with Gasteiger partial charge in [0.25, 0.3) is 5.91 Å². The van der Waals surface area contributed by atoms with Crippen LogP contribution in [-0.4, -0.2) is 11.9 Å². The smallest absolute Gasteiger partial charge is 0.322 e. The Bertz CT molecular complexity index is 1150. The zero-order valence-corrected chi connectivity index (χ0v) is 19.9. The van der Waals surface area contributed by atoms with Gasteiger partial charge in [-0.3, -0.25) is 10.1 Å². The maximum absolute atomic E-state index is 12.8. The van der Waals surface area contributed by atoms with Gasteiger partial charge in [0, 0.05) is 5.56 Å². The molecule has 1 saturated heterocycles. The molecule has 0 saturated carbocycles. The second-order valence-corrected chi connectivity index (χ2v) is 8.29. The van der Waals surface area contributed by atoms with E-state index >= 15 is 0 Å². The summed E-state index contributed by atoms with van der Waals surface area (Å²) in [6.07, 6.45) is 9.30. The molecule has 6 heteroatoms. The van der Waals surface area contributed by atoms with Crippen molar-refractivity contribution >= 4 is 17.5 Å². The van der Waals surface area contributed by atoms with Crippen molar-refractivity contribution in [1.29, 1.82) is 0 Å². The number of rotatable bonds is 6. The number of urea groups is 1. The molecule has 2 aromatic rings. The van der Waals surface area contributed by atoms with E-state index in [4.69, 9.17) is 4.74 Å². The van der Waals surface area contributed by atoms with Crippen molar-refractivity contribution in [2.75, 3.05) is 0 Å². The van der Waals surface area contributed by atoms with Crippen LogP contribution in [0.1, 0.15) is 56.7 Å². The first-order chi connectivity index (χ1) is 16.3. The number of benzene rings is 2. The summed E-state index contributed by atoms with van der Waals surface area (Å²) in [7, 11) is 0. The van der Waals surface area contributed by atoms with Crippen LogP contribution in [0.3, 0.4) is 0 Å². The highest BCUT2D eigenvalue weighted by molar-refractivity contribution is 6.07. The summed E-state index contributed by atoms with van der Waals surface area (Å²) >= 11 is 0. The number of carbonyl (C=O) groups excluding carboxylic acids is 2. The number of hydrogen-bond donors (Lipinski definition) is 2. The van der Waals surface area contributed by atoms with Crippen LogP contribution < -0.4 is 15.4 Å². The van der Waals surface area contributed by atoms with E-state index in [0.29, 0.717) is 17.7 Å². The van der Waals surface area contributed by atoms with E-state index in [1.807, 2.05) is 56.3 Å². The lowest BCUT2D eigenvalue weighted by atomic mass is 9.86. The second-order valence-electron chi connectivity index (χ2n) is 8.29. The standard InChI is InChI=1S/C17H18N2O3.C11H13F/c1-2-17(15(20)18-16(21)19-17)13-10-6-7-11-14(13)22-12-8-4-3-5-9-12;1-4-9-5-6-10(12)7-11(9)8(2)3/h4,6-11H,2-3,5H2,1H3,(H2,18,19,20,21);5-7H,2,4H2,1,3H3. The lowest BCUT2D eigenvalue weighted by Crippen LogP contribution is -2.43.